The molecule has 2 aromatic rings. The van der Waals surface area contributed by atoms with Crippen molar-refractivity contribution in [3.8, 4) is 0 Å². The van der Waals surface area contributed by atoms with Crippen LogP contribution in [0, 0.1) is 19.8 Å². The Morgan fingerprint density at radius 1 is 0.960 bits per heavy atom. The topological polar surface area (TPSA) is 20.3 Å². The van der Waals surface area contributed by atoms with E-state index in [1.165, 1.54) is 29.5 Å². The minimum Gasteiger partial charge on any atom is -0.294 e. The van der Waals surface area contributed by atoms with Crippen molar-refractivity contribution in [2.45, 2.75) is 58.2 Å². The number of carbonyl (C=O) groups is 1. The highest BCUT2D eigenvalue weighted by molar-refractivity contribution is 5.98. The summed E-state index contributed by atoms with van der Waals surface area (Å²) in [5.41, 5.74) is 4.68. The molecule has 2 heterocycles. The van der Waals surface area contributed by atoms with Gasteiger partial charge in [-0.2, -0.15) is 0 Å². The summed E-state index contributed by atoms with van der Waals surface area (Å²) in [4.78, 5) is 15.7. The molecule has 2 bridgehead atoms. The molecule has 2 nitrogen and oxygen atoms in total. The molecule has 25 heavy (non-hydrogen) atoms. The summed E-state index contributed by atoms with van der Waals surface area (Å²) in [7, 11) is 0. The Labute approximate surface area is 150 Å². The SMILES string of the molecule is Cc1cc(C)cc(C(=O)C2CC3CCC(C2)N3Cc2ccccc2)c1. The number of fused-ring (bicyclic) bond motifs is 2. The lowest BCUT2D eigenvalue weighted by atomic mass is 9.84. The molecule has 2 heteroatoms. The van der Waals surface area contributed by atoms with Gasteiger partial charge >= 0.3 is 0 Å². The predicted molar refractivity (Wildman–Crippen MR) is 102 cm³/mol. The molecular formula is C23H27NO. The van der Waals surface area contributed by atoms with Crippen LogP contribution >= 0.6 is 0 Å². The van der Waals surface area contributed by atoms with Crippen molar-refractivity contribution in [3.63, 3.8) is 0 Å². The molecular weight excluding hydrogens is 306 g/mol. The Bertz CT molecular complexity index is 733. The van der Waals surface area contributed by atoms with E-state index in [0.29, 0.717) is 17.9 Å². The largest absolute Gasteiger partial charge is 0.294 e. The highest BCUT2D eigenvalue weighted by atomic mass is 16.1. The fourth-order valence-electron chi connectivity index (χ4n) is 4.89. The number of carbonyl (C=O) groups excluding carboxylic acids is 1. The van der Waals surface area contributed by atoms with E-state index < -0.39 is 0 Å². The van der Waals surface area contributed by atoms with Crippen molar-refractivity contribution < 1.29 is 4.79 Å². The lowest BCUT2D eigenvalue weighted by Gasteiger charge is -2.38. The van der Waals surface area contributed by atoms with Gasteiger partial charge in [0.25, 0.3) is 0 Å². The Kier molecular flexibility index (Phi) is 4.47. The summed E-state index contributed by atoms with van der Waals surface area (Å²) < 4.78 is 0. The van der Waals surface area contributed by atoms with Crippen LogP contribution in [-0.4, -0.2) is 22.8 Å². The fourth-order valence-corrected chi connectivity index (χ4v) is 4.89. The van der Waals surface area contributed by atoms with Gasteiger partial charge in [-0.05, 0) is 57.2 Å². The van der Waals surface area contributed by atoms with Crippen LogP contribution in [0.3, 0.4) is 0 Å². The van der Waals surface area contributed by atoms with Crippen LogP contribution in [0.2, 0.25) is 0 Å². The second kappa shape index (κ2) is 6.76. The van der Waals surface area contributed by atoms with E-state index in [9.17, 15) is 4.79 Å². The third-order valence-corrected chi connectivity index (χ3v) is 5.97. The quantitative estimate of drug-likeness (QED) is 0.740. The van der Waals surface area contributed by atoms with Crippen molar-refractivity contribution in [1.82, 2.24) is 4.90 Å². The maximum atomic E-state index is 13.1. The molecule has 0 saturated carbocycles. The van der Waals surface area contributed by atoms with Gasteiger partial charge < -0.3 is 0 Å². The number of hydrogen-bond acceptors (Lipinski definition) is 2. The first kappa shape index (κ1) is 16.5. The van der Waals surface area contributed by atoms with Gasteiger partial charge in [0.05, 0.1) is 0 Å². The van der Waals surface area contributed by atoms with Crippen LogP contribution < -0.4 is 0 Å². The second-order valence-electron chi connectivity index (χ2n) is 7.95. The van der Waals surface area contributed by atoms with Crippen LogP contribution in [0.5, 0.6) is 0 Å². The van der Waals surface area contributed by atoms with Crippen LogP contribution in [0.25, 0.3) is 0 Å². The Hall–Kier alpha value is -1.93. The highest BCUT2D eigenvalue weighted by Crippen LogP contribution is 2.40. The van der Waals surface area contributed by atoms with Gasteiger partial charge in [0.2, 0.25) is 0 Å². The van der Waals surface area contributed by atoms with Gasteiger partial charge in [-0.15, -0.1) is 0 Å². The highest BCUT2D eigenvalue weighted by Gasteiger charge is 2.42. The van der Waals surface area contributed by atoms with Gasteiger partial charge in [-0.3, -0.25) is 9.69 Å². The molecule has 0 radical (unpaired) electrons. The molecule has 0 aromatic heterocycles. The first-order chi connectivity index (χ1) is 12.1. The van der Waals surface area contributed by atoms with Crippen LogP contribution in [0.4, 0.5) is 0 Å². The van der Waals surface area contributed by atoms with Gasteiger partial charge in [0, 0.05) is 30.1 Å². The van der Waals surface area contributed by atoms with Gasteiger partial charge in [-0.1, -0.05) is 47.5 Å². The number of hydrogen-bond donors (Lipinski definition) is 0. The van der Waals surface area contributed by atoms with Crippen molar-refractivity contribution in [2.24, 2.45) is 5.92 Å². The maximum Gasteiger partial charge on any atom is 0.166 e. The van der Waals surface area contributed by atoms with Crippen molar-refractivity contribution in [2.75, 3.05) is 0 Å². The normalized spacial score (nSPS) is 25.9. The van der Waals surface area contributed by atoms with E-state index in [4.69, 9.17) is 0 Å². The van der Waals surface area contributed by atoms with Crippen molar-refractivity contribution in [1.29, 1.82) is 0 Å². The summed E-state index contributed by atoms with van der Waals surface area (Å²) in [5.74, 6) is 0.564. The molecule has 2 fully saturated rings. The molecule has 2 atom stereocenters. The van der Waals surface area contributed by atoms with Gasteiger partial charge in [0.1, 0.15) is 0 Å². The van der Waals surface area contributed by atoms with E-state index >= 15 is 0 Å². The van der Waals surface area contributed by atoms with Gasteiger partial charge in [-0.25, -0.2) is 0 Å². The van der Waals surface area contributed by atoms with E-state index in [2.05, 4.69) is 67.3 Å². The Morgan fingerprint density at radius 2 is 1.56 bits per heavy atom. The summed E-state index contributed by atoms with van der Waals surface area (Å²) in [6, 6.07) is 18.1. The fraction of sp³-hybridized carbons (Fsp3) is 0.435. The minimum absolute atomic E-state index is 0.200. The number of piperidine rings is 1. The van der Waals surface area contributed by atoms with E-state index in [0.717, 1.165) is 24.9 Å². The zero-order valence-electron chi connectivity index (χ0n) is 15.2. The van der Waals surface area contributed by atoms with E-state index in [1.54, 1.807) is 0 Å². The maximum absolute atomic E-state index is 13.1. The lowest BCUT2D eigenvalue weighted by Crippen LogP contribution is -2.44. The first-order valence-electron chi connectivity index (χ1n) is 9.52. The number of rotatable bonds is 4. The number of Topliss-reactive ketones (excluding diaryl/α,β-unsaturated/α-hetero) is 1. The Morgan fingerprint density at radius 3 is 2.16 bits per heavy atom. The molecule has 2 aromatic carbocycles. The minimum atomic E-state index is 0.200. The monoisotopic (exact) mass is 333 g/mol. The molecule has 0 spiro atoms. The number of nitrogens with zero attached hydrogens (tertiary/aromatic N) is 1. The lowest BCUT2D eigenvalue weighted by molar-refractivity contribution is 0.0678. The summed E-state index contributed by atoms with van der Waals surface area (Å²) in [6.45, 7) is 5.19. The average Bonchev–Trinajstić information content (AvgIpc) is 2.82. The zero-order valence-corrected chi connectivity index (χ0v) is 15.2. The molecule has 0 amide bonds. The molecule has 0 aliphatic carbocycles. The smallest absolute Gasteiger partial charge is 0.166 e. The molecule has 4 rings (SSSR count). The van der Waals surface area contributed by atoms with Crippen LogP contribution in [0.15, 0.2) is 48.5 Å². The second-order valence-corrected chi connectivity index (χ2v) is 7.95. The molecule has 2 aliphatic heterocycles. The third kappa shape index (κ3) is 3.41. The number of ketones is 1. The van der Waals surface area contributed by atoms with E-state index in [-0.39, 0.29) is 5.92 Å². The van der Waals surface area contributed by atoms with Gasteiger partial charge in [0.15, 0.2) is 5.78 Å². The average molecular weight is 333 g/mol. The standard InChI is InChI=1S/C23H27NO/c1-16-10-17(2)12-19(11-16)23(25)20-13-21-8-9-22(14-20)24(21)15-18-6-4-3-5-7-18/h3-7,10-12,20-22H,8-9,13-15H2,1-2H3. The van der Waals surface area contributed by atoms with Crippen molar-refractivity contribution >= 4 is 5.78 Å². The summed E-state index contributed by atoms with van der Waals surface area (Å²) >= 11 is 0. The molecule has 130 valence electrons. The Balaban J connectivity index is 1.48. The molecule has 2 saturated heterocycles. The van der Waals surface area contributed by atoms with E-state index in [1.807, 2.05) is 0 Å². The predicted octanol–water partition coefficient (Wildman–Crippen LogP) is 4.93. The number of benzene rings is 2. The number of aryl methyl sites for hydroxylation is 2. The van der Waals surface area contributed by atoms with Crippen LogP contribution in [0.1, 0.15) is 52.7 Å². The first-order valence-corrected chi connectivity index (χ1v) is 9.52. The van der Waals surface area contributed by atoms with Crippen molar-refractivity contribution in [3.05, 3.63) is 70.8 Å². The molecule has 2 aliphatic rings. The summed E-state index contributed by atoms with van der Waals surface area (Å²) in [5, 5.41) is 0. The molecule has 2 unspecified atom stereocenters. The molecule has 0 N–H and O–H groups in total. The van der Waals surface area contributed by atoms with Crippen LogP contribution in [-0.2, 0) is 6.54 Å². The summed E-state index contributed by atoms with van der Waals surface area (Å²) in [6.07, 6.45) is 4.53. The zero-order chi connectivity index (χ0) is 17.4. The third-order valence-electron chi connectivity index (χ3n) is 5.97.